The highest BCUT2D eigenvalue weighted by Crippen LogP contribution is 2.44. The number of ether oxygens (including phenoxy) is 2. The van der Waals surface area contributed by atoms with Crippen LogP contribution >= 0.6 is 0 Å². The molecule has 1 atom stereocenters. The van der Waals surface area contributed by atoms with Crippen LogP contribution in [0.5, 0.6) is 0 Å². The molecule has 0 bridgehead atoms. The Bertz CT molecular complexity index is 625. The molecular weight excluding hydrogens is 310 g/mol. The summed E-state index contributed by atoms with van der Waals surface area (Å²) in [5.74, 6) is -0.396. The van der Waals surface area contributed by atoms with Gasteiger partial charge in [0, 0.05) is 12.8 Å². The number of hydrogen-bond acceptors (Lipinski definition) is 2. The molecule has 0 aromatic heterocycles. The first-order chi connectivity index (χ1) is 11.7. The van der Waals surface area contributed by atoms with Gasteiger partial charge in [-0.25, -0.2) is 8.78 Å². The van der Waals surface area contributed by atoms with Crippen LogP contribution in [-0.2, 0) is 9.47 Å². The minimum Gasteiger partial charge on any atom is -0.348 e. The van der Waals surface area contributed by atoms with Gasteiger partial charge in [0.05, 0.1) is 13.2 Å². The maximum absolute atomic E-state index is 13.4. The van der Waals surface area contributed by atoms with Gasteiger partial charge in [0.15, 0.2) is 17.4 Å². The topological polar surface area (TPSA) is 18.5 Å². The van der Waals surface area contributed by atoms with Crippen LogP contribution in [0.25, 0.3) is 5.57 Å². The SMILES string of the molecule is Fc1ccc(C2=CCC(C3CCC4(CC3)OCCO4)CC2)cc1F. The third-order valence-electron chi connectivity index (χ3n) is 6.01. The van der Waals surface area contributed by atoms with Gasteiger partial charge in [-0.05, 0) is 67.2 Å². The molecule has 1 aromatic carbocycles. The lowest BCUT2D eigenvalue weighted by atomic mass is 9.72. The van der Waals surface area contributed by atoms with Crippen LogP contribution in [-0.4, -0.2) is 19.0 Å². The van der Waals surface area contributed by atoms with E-state index >= 15 is 0 Å². The first kappa shape index (κ1) is 16.2. The molecule has 2 fully saturated rings. The van der Waals surface area contributed by atoms with E-state index in [1.165, 1.54) is 25.0 Å². The summed E-state index contributed by atoms with van der Waals surface area (Å²) in [7, 11) is 0. The van der Waals surface area contributed by atoms with Gasteiger partial charge in [-0.3, -0.25) is 0 Å². The van der Waals surface area contributed by atoms with E-state index in [1.54, 1.807) is 6.07 Å². The minimum absolute atomic E-state index is 0.280. The van der Waals surface area contributed by atoms with Gasteiger partial charge in [-0.2, -0.15) is 0 Å². The summed E-state index contributed by atoms with van der Waals surface area (Å²) < 4.78 is 38.1. The van der Waals surface area contributed by atoms with E-state index in [9.17, 15) is 8.78 Å². The van der Waals surface area contributed by atoms with Gasteiger partial charge in [-0.1, -0.05) is 12.1 Å². The molecule has 1 saturated heterocycles. The highest BCUT2D eigenvalue weighted by molar-refractivity contribution is 5.66. The average Bonchev–Trinajstić information content (AvgIpc) is 3.06. The second-order valence-electron chi connectivity index (χ2n) is 7.34. The molecule has 1 aliphatic heterocycles. The fraction of sp³-hybridized carbons (Fsp3) is 0.600. The van der Waals surface area contributed by atoms with E-state index in [0.717, 1.165) is 62.4 Å². The molecular formula is C20H24F2O2. The van der Waals surface area contributed by atoms with E-state index in [-0.39, 0.29) is 5.79 Å². The van der Waals surface area contributed by atoms with Crippen molar-refractivity contribution in [1.82, 2.24) is 0 Å². The van der Waals surface area contributed by atoms with Crippen molar-refractivity contribution in [2.45, 2.75) is 50.7 Å². The highest BCUT2D eigenvalue weighted by Gasteiger charge is 2.41. The molecule has 2 nitrogen and oxygen atoms in total. The molecule has 1 heterocycles. The molecule has 1 unspecified atom stereocenters. The van der Waals surface area contributed by atoms with Crippen LogP contribution in [0.3, 0.4) is 0 Å². The molecule has 4 rings (SSSR count). The molecule has 1 spiro atoms. The van der Waals surface area contributed by atoms with Crippen molar-refractivity contribution in [3.63, 3.8) is 0 Å². The number of hydrogen-bond donors (Lipinski definition) is 0. The molecule has 24 heavy (non-hydrogen) atoms. The monoisotopic (exact) mass is 334 g/mol. The third kappa shape index (κ3) is 3.14. The van der Waals surface area contributed by atoms with E-state index in [2.05, 4.69) is 6.08 Å². The number of halogens is 2. The molecule has 2 aliphatic carbocycles. The van der Waals surface area contributed by atoms with Gasteiger partial charge in [0.1, 0.15) is 0 Å². The summed E-state index contributed by atoms with van der Waals surface area (Å²) in [6.07, 6.45) is 9.69. The Morgan fingerprint density at radius 3 is 2.29 bits per heavy atom. The summed E-state index contributed by atoms with van der Waals surface area (Å²) in [6, 6.07) is 4.23. The maximum Gasteiger partial charge on any atom is 0.168 e. The average molecular weight is 334 g/mol. The second kappa shape index (κ2) is 6.57. The van der Waals surface area contributed by atoms with Crippen molar-refractivity contribution >= 4 is 5.57 Å². The Hall–Kier alpha value is -1.26. The zero-order valence-electron chi connectivity index (χ0n) is 13.9. The number of allylic oxidation sites excluding steroid dienone is 2. The van der Waals surface area contributed by atoms with Crippen molar-refractivity contribution in [3.05, 3.63) is 41.5 Å². The molecule has 0 amide bonds. The fourth-order valence-electron chi connectivity index (χ4n) is 4.58. The van der Waals surface area contributed by atoms with Crippen LogP contribution in [0.2, 0.25) is 0 Å². The summed E-state index contributed by atoms with van der Waals surface area (Å²) in [4.78, 5) is 0. The van der Waals surface area contributed by atoms with Gasteiger partial charge in [-0.15, -0.1) is 0 Å². The first-order valence-corrected chi connectivity index (χ1v) is 9.08. The van der Waals surface area contributed by atoms with Gasteiger partial charge >= 0.3 is 0 Å². The van der Waals surface area contributed by atoms with Crippen molar-refractivity contribution in [3.8, 4) is 0 Å². The standard InChI is InChI=1S/C20H24F2O2/c21-18-6-5-17(13-19(18)22)15-3-1-14(2-4-15)16-7-9-20(10-8-16)23-11-12-24-20/h3,5-6,13-14,16H,1-2,4,7-12H2. The normalized spacial score (nSPS) is 27.4. The lowest BCUT2D eigenvalue weighted by Gasteiger charge is -2.39. The van der Waals surface area contributed by atoms with E-state index in [4.69, 9.17) is 9.47 Å². The predicted octanol–water partition coefficient (Wildman–Crippen LogP) is 5.08. The molecule has 1 aromatic rings. The lowest BCUT2D eigenvalue weighted by Crippen LogP contribution is -2.37. The second-order valence-corrected chi connectivity index (χ2v) is 7.34. The fourth-order valence-corrected chi connectivity index (χ4v) is 4.58. The van der Waals surface area contributed by atoms with Crippen molar-refractivity contribution in [2.24, 2.45) is 11.8 Å². The zero-order chi connectivity index (χ0) is 16.6. The number of benzene rings is 1. The molecule has 1 saturated carbocycles. The van der Waals surface area contributed by atoms with Crippen LogP contribution < -0.4 is 0 Å². The third-order valence-corrected chi connectivity index (χ3v) is 6.01. The summed E-state index contributed by atoms with van der Waals surface area (Å²) in [5.41, 5.74) is 1.97. The smallest absolute Gasteiger partial charge is 0.168 e. The quantitative estimate of drug-likeness (QED) is 0.751. The molecule has 0 radical (unpaired) electrons. The summed E-state index contributed by atoms with van der Waals surface area (Å²) in [5, 5.41) is 0. The largest absolute Gasteiger partial charge is 0.348 e. The van der Waals surface area contributed by atoms with Crippen molar-refractivity contribution in [2.75, 3.05) is 13.2 Å². The zero-order valence-corrected chi connectivity index (χ0v) is 13.9. The Balaban J connectivity index is 1.37. The molecule has 3 aliphatic rings. The molecule has 4 heteroatoms. The van der Waals surface area contributed by atoms with E-state index in [1.807, 2.05) is 0 Å². The molecule has 130 valence electrons. The number of rotatable bonds is 2. The molecule has 0 N–H and O–H groups in total. The van der Waals surface area contributed by atoms with Gasteiger partial charge < -0.3 is 9.47 Å². The summed E-state index contributed by atoms with van der Waals surface area (Å²) >= 11 is 0. The maximum atomic E-state index is 13.4. The highest BCUT2D eigenvalue weighted by atomic mass is 19.2. The van der Waals surface area contributed by atoms with Crippen LogP contribution in [0, 0.1) is 23.5 Å². The Kier molecular flexibility index (Phi) is 4.44. The van der Waals surface area contributed by atoms with Crippen LogP contribution in [0.4, 0.5) is 8.78 Å². The van der Waals surface area contributed by atoms with Gasteiger partial charge in [0.25, 0.3) is 0 Å². The van der Waals surface area contributed by atoms with Crippen LogP contribution in [0.1, 0.15) is 50.5 Å². The van der Waals surface area contributed by atoms with Gasteiger partial charge in [0.2, 0.25) is 0 Å². The summed E-state index contributed by atoms with van der Waals surface area (Å²) in [6.45, 7) is 1.46. The Morgan fingerprint density at radius 2 is 1.67 bits per heavy atom. The van der Waals surface area contributed by atoms with Crippen molar-refractivity contribution < 1.29 is 18.3 Å². The van der Waals surface area contributed by atoms with Crippen molar-refractivity contribution in [1.29, 1.82) is 0 Å². The van der Waals surface area contributed by atoms with E-state index in [0.29, 0.717) is 5.92 Å². The Morgan fingerprint density at radius 1 is 0.917 bits per heavy atom. The lowest BCUT2D eigenvalue weighted by molar-refractivity contribution is -0.184. The van der Waals surface area contributed by atoms with E-state index < -0.39 is 11.6 Å². The Labute approximate surface area is 141 Å². The van der Waals surface area contributed by atoms with Crippen LogP contribution in [0.15, 0.2) is 24.3 Å². The minimum atomic E-state index is -0.777. The predicted molar refractivity (Wildman–Crippen MR) is 88.3 cm³/mol. The first-order valence-electron chi connectivity index (χ1n) is 9.08.